The Kier molecular flexibility index (Phi) is 8.53. The van der Waals surface area contributed by atoms with E-state index < -0.39 is 5.91 Å². The lowest BCUT2D eigenvalue weighted by Gasteiger charge is -2.17. The van der Waals surface area contributed by atoms with Gasteiger partial charge in [-0.15, -0.1) is 0 Å². The largest absolute Gasteiger partial charge is 0.504 e. The first-order valence-electron chi connectivity index (χ1n) is 10.5. The van der Waals surface area contributed by atoms with Crippen LogP contribution in [0.25, 0.3) is 6.08 Å². The molecule has 9 heteroatoms. The predicted octanol–water partition coefficient (Wildman–Crippen LogP) is 6.86. The molecule has 0 atom stereocenters. The zero-order chi connectivity index (χ0) is 24.3. The molecule has 0 radical (unpaired) electrons. The van der Waals surface area contributed by atoms with Crippen LogP contribution >= 0.6 is 43.6 Å². The van der Waals surface area contributed by atoms with Crippen LogP contribution in [0.4, 0.5) is 4.79 Å². The molecule has 1 fully saturated rings. The second kappa shape index (κ2) is 11.0. The summed E-state index contributed by atoms with van der Waals surface area (Å²) in [7, 11) is 0. The number of carbonyl (C=O) groups is 2. The summed E-state index contributed by atoms with van der Waals surface area (Å²) in [6.07, 6.45) is 1.50. The molecule has 1 heterocycles. The molecule has 176 valence electrons. The fourth-order valence-corrected chi connectivity index (χ4v) is 5.01. The minimum atomic E-state index is -0.425. The molecule has 33 heavy (non-hydrogen) atoms. The van der Waals surface area contributed by atoms with Crippen molar-refractivity contribution in [2.45, 2.75) is 33.6 Å². The molecule has 0 saturated carbocycles. The van der Waals surface area contributed by atoms with Crippen molar-refractivity contribution in [3.63, 3.8) is 0 Å². The second-order valence-corrected chi connectivity index (χ2v) is 10.4. The number of rotatable bonds is 8. The van der Waals surface area contributed by atoms with Gasteiger partial charge in [-0.3, -0.25) is 14.5 Å². The van der Waals surface area contributed by atoms with Gasteiger partial charge in [0, 0.05) is 14.5 Å². The molecule has 1 N–H and O–H groups in total. The van der Waals surface area contributed by atoms with Crippen molar-refractivity contribution in [1.29, 1.82) is 0 Å². The average Bonchev–Trinajstić information content (AvgIpc) is 3.02. The first-order valence-corrected chi connectivity index (χ1v) is 12.9. The summed E-state index contributed by atoms with van der Waals surface area (Å²) in [6, 6.07) is 7.68. The normalized spacial score (nSPS) is 15.1. The van der Waals surface area contributed by atoms with Crippen LogP contribution < -0.4 is 9.47 Å². The molecule has 0 aromatic heterocycles. The number of imide groups is 1. The highest BCUT2D eigenvalue weighted by atomic mass is 79.9. The molecule has 1 aliphatic rings. The minimum Gasteiger partial charge on any atom is -0.504 e. The third-order valence-corrected chi connectivity index (χ3v) is 7.92. The van der Waals surface area contributed by atoms with Gasteiger partial charge in [0.15, 0.2) is 11.5 Å². The maximum atomic E-state index is 12.9. The number of nitrogens with zero attached hydrogens (tertiary/aromatic N) is 1. The van der Waals surface area contributed by atoms with E-state index in [0.717, 1.165) is 33.5 Å². The maximum absolute atomic E-state index is 12.9. The third kappa shape index (κ3) is 5.75. The molecule has 2 amide bonds. The van der Waals surface area contributed by atoms with E-state index in [2.05, 4.69) is 45.7 Å². The van der Waals surface area contributed by atoms with Gasteiger partial charge < -0.3 is 14.6 Å². The van der Waals surface area contributed by atoms with Crippen LogP contribution in [0.1, 0.15) is 43.4 Å². The van der Waals surface area contributed by atoms with Gasteiger partial charge in [-0.2, -0.15) is 0 Å². The Morgan fingerprint density at radius 1 is 1.15 bits per heavy atom. The van der Waals surface area contributed by atoms with E-state index in [1.165, 1.54) is 6.08 Å². The zero-order valence-corrected chi connectivity index (χ0v) is 22.8. The molecule has 2 aromatic rings. The number of phenolic OH excluding ortho intramolecular Hbond substituents is 1. The average molecular weight is 599 g/mol. The lowest BCUT2D eigenvalue weighted by Crippen LogP contribution is -2.32. The number of phenols is 1. The fraction of sp³-hybridized carbons (Fsp3) is 0.333. The van der Waals surface area contributed by atoms with Crippen molar-refractivity contribution >= 4 is 60.8 Å². The van der Waals surface area contributed by atoms with Crippen LogP contribution in [0.2, 0.25) is 0 Å². The molecule has 0 aliphatic carbocycles. The van der Waals surface area contributed by atoms with Crippen molar-refractivity contribution in [1.82, 2.24) is 4.90 Å². The number of carbonyl (C=O) groups excluding carboxylic acids is 2. The van der Waals surface area contributed by atoms with Crippen LogP contribution in [0.5, 0.6) is 17.2 Å². The SMILES string of the molecule is CCOc1cc(Br)c(Br)c(/C=C2\SC(=O)N(CCOc3cc(C)ccc3C(C)C)C2=O)c1O. The Morgan fingerprint density at radius 3 is 2.55 bits per heavy atom. The molecule has 0 spiro atoms. The number of aryl methyl sites for hydroxylation is 1. The first kappa shape index (κ1) is 25.6. The molecule has 3 rings (SSSR count). The first-order chi connectivity index (χ1) is 15.6. The van der Waals surface area contributed by atoms with Crippen LogP contribution in [0, 0.1) is 6.92 Å². The maximum Gasteiger partial charge on any atom is 0.293 e. The van der Waals surface area contributed by atoms with Crippen molar-refractivity contribution in [3.8, 4) is 17.2 Å². The highest BCUT2D eigenvalue weighted by Gasteiger charge is 2.35. The minimum absolute atomic E-state index is 0.109. The molecule has 6 nitrogen and oxygen atoms in total. The lowest BCUT2D eigenvalue weighted by atomic mass is 10.0. The Morgan fingerprint density at radius 2 is 1.88 bits per heavy atom. The number of thioether (sulfide) groups is 1. The molecule has 0 bridgehead atoms. The number of amides is 2. The predicted molar refractivity (Wildman–Crippen MR) is 138 cm³/mol. The number of benzene rings is 2. The topological polar surface area (TPSA) is 76.1 Å². The standard InChI is InChI=1S/C24H25Br2NO5S/c1-5-31-19-12-17(25)21(26)16(22(19)28)11-20-23(29)27(24(30)33-20)8-9-32-18-10-14(4)6-7-15(18)13(2)3/h6-7,10-13,28H,5,8-9H2,1-4H3/b20-11-. The van der Waals surface area contributed by atoms with E-state index in [-0.39, 0.29) is 34.8 Å². The highest BCUT2D eigenvalue weighted by molar-refractivity contribution is 9.13. The van der Waals surface area contributed by atoms with Crippen molar-refractivity contribution in [2.24, 2.45) is 0 Å². The summed E-state index contributed by atoms with van der Waals surface area (Å²) in [5.41, 5.74) is 2.51. The highest BCUT2D eigenvalue weighted by Crippen LogP contribution is 2.43. The molecule has 0 unspecified atom stereocenters. The Balaban J connectivity index is 1.77. The summed E-state index contributed by atoms with van der Waals surface area (Å²) in [5.74, 6) is 0.803. The Labute approximate surface area is 214 Å². The van der Waals surface area contributed by atoms with Gasteiger partial charge in [0.1, 0.15) is 12.4 Å². The monoisotopic (exact) mass is 597 g/mol. The number of ether oxygens (including phenoxy) is 2. The van der Waals surface area contributed by atoms with Gasteiger partial charge in [-0.25, -0.2) is 0 Å². The molecule has 1 aliphatic heterocycles. The third-order valence-electron chi connectivity index (χ3n) is 5.00. The van der Waals surface area contributed by atoms with Gasteiger partial charge in [0.2, 0.25) is 0 Å². The van der Waals surface area contributed by atoms with Gasteiger partial charge >= 0.3 is 0 Å². The molecule has 1 saturated heterocycles. The molecular formula is C24H25Br2NO5S. The van der Waals surface area contributed by atoms with Crippen molar-refractivity contribution in [3.05, 3.63) is 54.8 Å². The van der Waals surface area contributed by atoms with Crippen LogP contribution in [-0.2, 0) is 4.79 Å². The van der Waals surface area contributed by atoms with Gasteiger partial charge in [-0.1, -0.05) is 26.0 Å². The number of hydrogen-bond acceptors (Lipinski definition) is 6. The second-order valence-electron chi connectivity index (χ2n) is 7.74. The van der Waals surface area contributed by atoms with Crippen LogP contribution in [0.15, 0.2) is 38.1 Å². The summed E-state index contributed by atoms with van der Waals surface area (Å²) < 4.78 is 12.6. The number of aromatic hydroxyl groups is 1. The summed E-state index contributed by atoms with van der Waals surface area (Å²) in [6.45, 7) is 8.67. The number of halogens is 2. The van der Waals surface area contributed by atoms with Crippen molar-refractivity contribution < 1.29 is 24.2 Å². The Bertz CT molecular complexity index is 1120. The quantitative estimate of drug-likeness (QED) is 0.334. The molecular weight excluding hydrogens is 574 g/mol. The summed E-state index contributed by atoms with van der Waals surface area (Å²) >= 11 is 7.66. The van der Waals surface area contributed by atoms with Crippen LogP contribution in [0.3, 0.4) is 0 Å². The zero-order valence-electron chi connectivity index (χ0n) is 18.8. The summed E-state index contributed by atoms with van der Waals surface area (Å²) in [4.78, 5) is 26.8. The van der Waals surface area contributed by atoms with E-state index in [0.29, 0.717) is 27.0 Å². The van der Waals surface area contributed by atoms with E-state index in [1.54, 1.807) is 6.07 Å². The van der Waals surface area contributed by atoms with E-state index in [4.69, 9.17) is 9.47 Å². The lowest BCUT2D eigenvalue weighted by molar-refractivity contribution is -0.123. The fourth-order valence-electron chi connectivity index (χ4n) is 3.32. The van der Waals surface area contributed by atoms with Gasteiger partial charge in [0.05, 0.1) is 18.1 Å². The van der Waals surface area contributed by atoms with E-state index in [1.807, 2.05) is 32.0 Å². The smallest absolute Gasteiger partial charge is 0.293 e. The van der Waals surface area contributed by atoms with E-state index in [9.17, 15) is 14.7 Å². The molecule has 2 aromatic carbocycles. The van der Waals surface area contributed by atoms with Crippen LogP contribution in [-0.4, -0.2) is 40.9 Å². The van der Waals surface area contributed by atoms with Crippen molar-refractivity contribution in [2.75, 3.05) is 19.8 Å². The summed E-state index contributed by atoms with van der Waals surface area (Å²) in [5, 5.41) is 10.2. The van der Waals surface area contributed by atoms with Gasteiger partial charge in [-0.05, 0) is 92.7 Å². The number of hydrogen-bond donors (Lipinski definition) is 1. The van der Waals surface area contributed by atoms with E-state index >= 15 is 0 Å². The van der Waals surface area contributed by atoms with Gasteiger partial charge in [0.25, 0.3) is 11.1 Å². The Hall–Kier alpha value is -1.97.